The third-order valence-corrected chi connectivity index (χ3v) is 7.04. The number of halogens is 1. The molecule has 2 rings (SSSR count). The number of hydrogen-bond acceptors (Lipinski definition) is 6. The molecule has 0 amide bonds. The van der Waals surface area contributed by atoms with Crippen LogP contribution in [-0.2, 0) is 10.0 Å². The van der Waals surface area contributed by atoms with E-state index in [1.54, 1.807) is 13.8 Å². The lowest BCUT2D eigenvalue weighted by Gasteiger charge is -2.37. The van der Waals surface area contributed by atoms with E-state index in [9.17, 15) is 18.5 Å². The number of piperazine rings is 1. The molecular formula is C10H14ClN3O4S2. The summed E-state index contributed by atoms with van der Waals surface area (Å²) < 4.78 is 26.4. The van der Waals surface area contributed by atoms with Crippen molar-refractivity contribution in [3.8, 4) is 0 Å². The minimum atomic E-state index is -3.77. The number of nitrogens with zero attached hydrogens (tertiary/aromatic N) is 2. The van der Waals surface area contributed by atoms with Gasteiger partial charge < -0.3 is 5.32 Å². The normalized spacial score (nSPS) is 24.8. The molecule has 1 fully saturated rings. The molecule has 2 unspecified atom stereocenters. The minimum absolute atomic E-state index is 0.0881. The molecule has 7 nitrogen and oxygen atoms in total. The molecular weight excluding hydrogens is 326 g/mol. The highest BCUT2D eigenvalue weighted by Gasteiger charge is 2.38. The van der Waals surface area contributed by atoms with Gasteiger partial charge in [-0.15, -0.1) is 11.3 Å². The zero-order chi connectivity index (χ0) is 15.1. The van der Waals surface area contributed by atoms with Crippen LogP contribution in [0.15, 0.2) is 10.3 Å². The van der Waals surface area contributed by atoms with Crippen LogP contribution in [0, 0.1) is 10.1 Å². The lowest BCUT2D eigenvalue weighted by Crippen LogP contribution is -2.56. The molecule has 1 aliphatic rings. The van der Waals surface area contributed by atoms with Crippen molar-refractivity contribution in [2.75, 3.05) is 13.1 Å². The van der Waals surface area contributed by atoms with Gasteiger partial charge in [-0.1, -0.05) is 11.6 Å². The Morgan fingerprint density at radius 2 is 2.00 bits per heavy atom. The summed E-state index contributed by atoms with van der Waals surface area (Å²) in [4.78, 5) is 10.1. The van der Waals surface area contributed by atoms with Crippen LogP contribution in [0.2, 0.25) is 4.34 Å². The molecule has 0 saturated carbocycles. The Morgan fingerprint density at radius 1 is 1.45 bits per heavy atom. The lowest BCUT2D eigenvalue weighted by atomic mass is 10.2. The van der Waals surface area contributed by atoms with Crippen molar-refractivity contribution >= 4 is 38.6 Å². The van der Waals surface area contributed by atoms with E-state index in [0.29, 0.717) is 13.1 Å². The number of nitrogens with one attached hydrogen (secondary N) is 1. The van der Waals surface area contributed by atoms with Crippen molar-refractivity contribution in [2.45, 2.75) is 30.1 Å². The maximum Gasteiger partial charge on any atom is 0.300 e. The smallest absolute Gasteiger partial charge is 0.300 e. The van der Waals surface area contributed by atoms with Gasteiger partial charge in [0.2, 0.25) is 0 Å². The quantitative estimate of drug-likeness (QED) is 0.668. The van der Waals surface area contributed by atoms with Crippen molar-refractivity contribution in [3.63, 3.8) is 0 Å². The average Bonchev–Trinajstić information content (AvgIpc) is 2.71. The molecule has 1 N–H and O–H groups in total. The molecule has 0 spiro atoms. The zero-order valence-electron chi connectivity index (χ0n) is 10.9. The summed E-state index contributed by atoms with van der Waals surface area (Å²) >= 11 is 6.46. The van der Waals surface area contributed by atoms with Crippen molar-refractivity contribution in [1.82, 2.24) is 9.62 Å². The highest BCUT2D eigenvalue weighted by Crippen LogP contribution is 2.38. The number of rotatable bonds is 3. The fourth-order valence-electron chi connectivity index (χ4n) is 2.28. The molecule has 1 aromatic heterocycles. The first-order valence-electron chi connectivity index (χ1n) is 5.93. The number of sulfonamides is 1. The van der Waals surface area contributed by atoms with Crippen LogP contribution >= 0.6 is 22.9 Å². The number of thiophene rings is 1. The predicted octanol–water partition coefficient (Wildman–Crippen LogP) is 1.68. The topological polar surface area (TPSA) is 92.6 Å². The van der Waals surface area contributed by atoms with Gasteiger partial charge >= 0.3 is 0 Å². The third-order valence-electron chi connectivity index (χ3n) is 3.12. The second kappa shape index (κ2) is 5.57. The Balaban J connectivity index is 2.44. The molecule has 20 heavy (non-hydrogen) atoms. The van der Waals surface area contributed by atoms with Gasteiger partial charge in [-0.3, -0.25) is 10.1 Å². The first-order chi connectivity index (χ1) is 9.25. The third kappa shape index (κ3) is 2.68. The van der Waals surface area contributed by atoms with Crippen LogP contribution in [0.1, 0.15) is 13.8 Å². The number of nitro groups is 1. The van der Waals surface area contributed by atoms with Crippen LogP contribution in [0.25, 0.3) is 0 Å². The second-order valence-electron chi connectivity index (χ2n) is 4.67. The highest BCUT2D eigenvalue weighted by molar-refractivity contribution is 7.91. The van der Waals surface area contributed by atoms with Crippen molar-refractivity contribution < 1.29 is 13.3 Å². The number of hydrogen-bond donors (Lipinski definition) is 1. The summed E-state index contributed by atoms with van der Waals surface area (Å²) in [5.74, 6) is 0. The maximum atomic E-state index is 12.6. The summed E-state index contributed by atoms with van der Waals surface area (Å²) in [6.07, 6.45) is 0. The van der Waals surface area contributed by atoms with Crippen LogP contribution in [0.4, 0.5) is 5.69 Å². The van der Waals surface area contributed by atoms with Gasteiger partial charge in [-0.25, -0.2) is 8.42 Å². The molecule has 10 heteroatoms. The zero-order valence-corrected chi connectivity index (χ0v) is 13.3. The Bertz CT molecular complexity index is 620. The summed E-state index contributed by atoms with van der Waals surface area (Å²) in [6.45, 7) is 4.68. The van der Waals surface area contributed by atoms with E-state index in [4.69, 9.17) is 11.6 Å². The molecule has 2 heterocycles. The van der Waals surface area contributed by atoms with Gasteiger partial charge in [0.25, 0.3) is 15.7 Å². The predicted molar refractivity (Wildman–Crippen MR) is 76.8 cm³/mol. The highest BCUT2D eigenvalue weighted by atomic mass is 35.5. The van der Waals surface area contributed by atoms with Gasteiger partial charge in [0.05, 0.1) is 4.92 Å². The molecule has 2 atom stereocenters. The van der Waals surface area contributed by atoms with Crippen LogP contribution in [-0.4, -0.2) is 42.8 Å². The molecule has 0 bridgehead atoms. The SMILES string of the molecule is CC1CNCC(C)N1S(=O)(=O)c1cc([N+](=O)[O-])c(Cl)s1. The van der Waals surface area contributed by atoms with Gasteiger partial charge in [0.1, 0.15) is 4.21 Å². The van der Waals surface area contributed by atoms with Crippen LogP contribution in [0.5, 0.6) is 0 Å². The lowest BCUT2D eigenvalue weighted by molar-refractivity contribution is -0.384. The van der Waals surface area contributed by atoms with Gasteiger partial charge in [0.15, 0.2) is 4.34 Å². The average molecular weight is 340 g/mol. The van der Waals surface area contributed by atoms with Gasteiger partial charge in [-0.05, 0) is 13.8 Å². The van der Waals surface area contributed by atoms with Crippen molar-refractivity contribution in [1.29, 1.82) is 0 Å². The van der Waals surface area contributed by atoms with E-state index in [1.807, 2.05) is 0 Å². The maximum absolute atomic E-state index is 12.6. The molecule has 1 aromatic rings. The van der Waals surface area contributed by atoms with Gasteiger partial charge in [-0.2, -0.15) is 4.31 Å². The van der Waals surface area contributed by atoms with E-state index in [0.717, 1.165) is 17.4 Å². The van der Waals surface area contributed by atoms with Crippen molar-refractivity contribution in [2.24, 2.45) is 0 Å². The summed E-state index contributed by atoms with van der Waals surface area (Å²) in [5.41, 5.74) is -0.370. The molecule has 0 aromatic carbocycles. The van der Waals surface area contributed by atoms with E-state index in [-0.39, 0.29) is 26.3 Å². The fourth-order valence-corrected chi connectivity index (χ4v) is 5.87. The first kappa shape index (κ1) is 15.6. The summed E-state index contributed by atoms with van der Waals surface area (Å²) in [5, 5.41) is 13.9. The molecule has 112 valence electrons. The van der Waals surface area contributed by atoms with Crippen molar-refractivity contribution in [3.05, 3.63) is 20.5 Å². The van der Waals surface area contributed by atoms with E-state index in [1.165, 1.54) is 4.31 Å². The monoisotopic (exact) mass is 339 g/mol. The fraction of sp³-hybridized carbons (Fsp3) is 0.600. The summed E-state index contributed by atoms with van der Waals surface area (Å²) in [7, 11) is -3.77. The Morgan fingerprint density at radius 3 is 2.45 bits per heavy atom. The Kier molecular flexibility index (Phi) is 4.35. The van der Waals surface area contributed by atoms with E-state index < -0.39 is 14.9 Å². The molecule has 1 saturated heterocycles. The second-order valence-corrected chi connectivity index (χ2v) is 8.40. The van der Waals surface area contributed by atoms with Crippen LogP contribution < -0.4 is 5.32 Å². The van der Waals surface area contributed by atoms with E-state index >= 15 is 0 Å². The largest absolute Gasteiger partial charge is 0.314 e. The van der Waals surface area contributed by atoms with Gasteiger partial charge in [0, 0.05) is 31.2 Å². The molecule has 0 aliphatic carbocycles. The summed E-state index contributed by atoms with van der Waals surface area (Å²) in [6, 6.07) is 0.594. The molecule has 1 aliphatic heterocycles. The standard InChI is InChI=1S/C10H14ClN3O4S2/c1-6-4-12-5-7(2)13(6)20(17,18)9-3-8(14(15)16)10(11)19-9/h3,6-7,12H,4-5H2,1-2H3. The Labute approximate surface area is 125 Å². The molecule has 0 radical (unpaired) electrons. The Hall–Kier alpha value is -0.740. The minimum Gasteiger partial charge on any atom is -0.314 e. The van der Waals surface area contributed by atoms with Crippen LogP contribution in [0.3, 0.4) is 0 Å². The first-order valence-corrected chi connectivity index (χ1v) is 8.56. The van der Waals surface area contributed by atoms with E-state index in [2.05, 4.69) is 5.32 Å².